The second-order valence-electron chi connectivity index (χ2n) is 2.51. The van der Waals surface area contributed by atoms with Crippen LogP contribution in [0.1, 0.15) is 11.1 Å². The third kappa shape index (κ3) is 2.72. The van der Waals surface area contributed by atoms with E-state index in [-0.39, 0.29) is 0 Å². The summed E-state index contributed by atoms with van der Waals surface area (Å²) in [5.41, 5.74) is 7.19. The third-order valence-corrected chi connectivity index (χ3v) is 1.63. The lowest BCUT2D eigenvalue weighted by Crippen LogP contribution is -1.93. The molecule has 0 saturated carbocycles. The molecule has 0 radical (unpaired) electrons. The second-order valence-corrected chi connectivity index (χ2v) is 2.51. The van der Waals surface area contributed by atoms with E-state index in [9.17, 15) is 0 Å². The van der Waals surface area contributed by atoms with E-state index in [1.54, 1.807) is 0 Å². The maximum Gasteiger partial charge on any atom is 0.0739 e. The van der Waals surface area contributed by atoms with Crippen LogP contribution in [0.25, 0.3) is 6.08 Å². The smallest absolute Gasteiger partial charge is 0.0739 e. The Morgan fingerprint density at radius 1 is 1.31 bits per heavy atom. The Morgan fingerprint density at radius 3 is 2.62 bits per heavy atom. The van der Waals surface area contributed by atoms with Crippen molar-refractivity contribution in [2.75, 3.05) is 6.54 Å². The molecular weight excluding hydrogens is 164 g/mol. The van der Waals surface area contributed by atoms with Gasteiger partial charge in [-0.3, -0.25) is 0 Å². The minimum Gasteiger partial charge on any atom is -0.411 e. The third-order valence-electron chi connectivity index (χ3n) is 1.63. The molecule has 0 aliphatic heterocycles. The lowest BCUT2D eigenvalue weighted by atomic mass is 10.1. The Balaban J connectivity index is 2.97. The summed E-state index contributed by atoms with van der Waals surface area (Å²) < 4.78 is 0. The zero-order valence-electron chi connectivity index (χ0n) is 7.22. The molecule has 13 heavy (non-hydrogen) atoms. The van der Waals surface area contributed by atoms with E-state index in [4.69, 9.17) is 10.9 Å². The number of hydrogen-bond donors (Lipinski definition) is 2. The molecule has 1 rings (SSSR count). The Kier molecular flexibility index (Phi) is 3.73. The first-order chi connectivity index (χ1) is 6.38. The fourth-order valence-corrected chi connectivity index (χ4v) is 1.04. The van der Waals surface area contributed by atoms with Gasteiger partial charge in [-0.25, -0.2) is 0 Å². The lowest BCUT2D eigenvalue weighted by molar-refractivity contribution is 0.322. The molecule has 0 aromatic heterocycles. The predicted molar refractivity (Wildman–Crippen MR) is 53.9 cm³/mol. The van der Waals surface area contributed by atoms with E-state index in [1.165, 1.54) is 6.21 Å². The summed E-state index contributed by atoms with van der Waals surface area (Å²) in [4.78, 5) is 0. The monoisotopic (exact) mass is 176 g/mol. The standard InChI is InChI=1S/C10H12N2O/c11-7-3-6-9-4-1-2-5-10(9)8-12-13/h1-6,8,13H,7,11H2. The summed E-state index contributed by atoms with van der Waals surface area (Å²) in [5.74, 6) is 0. The second kappa shape index (κ2) is 5.11. The number of benzene rings is 1. The van der Waals surface area contributed by atoms with Crippen LogP contribution in [0.3, 0.4) is 0 Å². The first-order valence-electron chi connectivity index (χ1n) is 4.01. The molecule has 0 amide bonds. The van der Waals surface area contributed by atoms with Crippen LogP contribution in [0.15, 0.2) is 35.5 Å². The van der Waals surface area contributed by atoms with Crippen molar-refractivity contribution < 1.29 is 5.21 Å². The van der Waals surface area contributed by atoms with Gasteiger partial charge < -0.3 is 10.9 Å². The van der Waals surface area contributed by atoms with Crippen LogP contribution in [0.2, 0.25) is 0 Å². The van der Waals surface area contributed by atoms with Crippen molar-refractivity contribution in [2.24, 2.45) is 10.9 Å². The molecule has 0 spiro atoms. The highest BCUT2D eigenvalue weighted by molar-refractivity contribution is 5.84. The van der Waals surface area contributed by atoms with Crippen LogP contribution in [-0.2, 0) is 0 Å². The highest BCUT2D eigenvalue weighted by Crippen LogP contribution is 2.07. The van der Waals surface area contributed by atoms with E-state index < -0.39 is 0 Å². The summed E-state index contributed by atoms with van der Waals surface area (Å²) in [6.07, 6.45) is 5.15. The van der Waals surface area contributed by atoms with Crippen molar-refractivity contribution in [1.82, 2.24) is 0 Å². The van der Waals surface area contributed by atoms with Gasteiger partial charge in [0.15, 0.2) is 0 Å². The summed E-state index contributed by atoms with van der Waals surface area (Å²) >= 11 is 0. The first-order valence-corrected chi connectivity index (χ1v) is 4.01. The molecule has 0 bridgehead atoms. The number of oxime groups is 1. The zero-order chi connectivity index (χ0) is 9.52. The maximum atomic E-state index is 8.39. The Bertz CT molecular complexity index is 318. The van der Waals surface area contributed by atoms with Gasteiger partial charge in [-0.05, 0) is 5.56 Å². The van der Waals surface area contributed by atoms with Gasteiger partial charge in [-0.15, -0.1) is 0 Å². The Hall–Kier alpha value is -1.61. The summed E-state index contributed by atoms with van der Waals surface area (Å²) in [7, 11) is 0. The molecule has 68 valence electrons. The van der Waals surface area contributed by atoms with Crippen molar-refractivity contribution in [3.05, 3.63) is 41.5 Å². The molecule has 0 atom stereocenters. The van der Waals surface area contributed by atoms with E-state index in [0.29, 0.717) is 6.54 Å². The normalized spacial score (nSPS) is 11.5. The van der Waals surface area contributed by atoms with Crippen molar-refractivity contribution in [2.45, 2.75) is 0 Å². The van der Waals surface area contributed by atoms with E-state index >= 15 is 0 Å². The molecule has 0 aliphatic rings. The quantitative estimate of drug-likeness (QED) is 0.416. The highest BCUT2D eigenvalue weighted by atomic mass is 16.4. The van der Waals surface area contributed by atoms with Crippen molar-refractivity contribution in [3.63, 3.8) is 0 Å². The molecule has 0 fully saturated rings. The van der Waals surface area contributed by atoms with Gasteiger partial charge in [-0.2, -0.15) is 0 Å². The molecule has 3 N–H and O–H groups in total. The van der Waals surface area contributed by atoms with Crippen molar-refractivity contribution >= 4 is 12.3 Å². The molecule has 0 unspecified atom stereocenters. The van der Waals surface area contributed by atoms with E-state index in [2.05, 4.69) is 5.16 Å². The molecule has 1 aromatic rings. The number of nitrogens with two attached hydrogens (primary N) is 1. The minimum absolute atomic E-state index is 0.505. The largest absolute Gasteiger partial charge is 0.411 e. The predicted octanol–water partition coefficient (Wildman–Crippen LogP) is 1.47. The van der Waals surface area contributed by atoms with Gasteiger partial charge in [0, 0.05) is 12.1 Å². The molecule has 3 heteroatoms. The molecule has 1 aromatic carbocycles. The minimum atomic E-state index is 0.505. The topological polar surface area (TPSA) is 58.6 Å². The molecule has 0 aliphatic carbocycles. The van der Waals surface area contributed by atoms with Crippen LogP contribution < -0.4 is 5.73 Å². The summed E-state index contributed by atoms with van der Waals surface area (Å²) in [6.45, 7) is 0.505. The molecule has 0 heterocycles. The maximum absolute atomic E-state index is 8.39. The molecule has 0 saturated heterocycles. The molecule has 3 nitrogen and oxygen atoms in total. The van der Waals surface area contributed by atoms with Crippen molar-refractivity contribution in [1.29, 1.82) is 0 Å². The van der Waals surface area contributed by atoms with Gasteiger partial charge in [0.25, 0.3) is 0 Å². The van der Waals surface area contributed by atoms with Gasteiger partial charge in [0.1, 0.15) is 0 Å². The highest BCUT2D eigenvalue weighted by Gasteiger charge is 1.93. The van der Waals surface area contributed by atoms with E-state index in [0.717, 1.165) is 11.1 Å². The summed E-state index contributed by atoms with van der Waals surface area (Å²) in [6, 6.07) is 7.61. The fraction of sp³-hybridized carbons (Fsp3) is 0.100. The Morgan fingerprint density at radius 2 is 2.00 bits per heavy atom. The Labute approximate surface area is 77.2 Å². The van der Waals surface area contributed by atoms with Crippen LogP contribution >= 0.6 is 0 Å². The number of nitrogens with zero attached hydrogens (tertiary/aromatic N) is 1. The number of rotatable bonds is 3. The van der Waals surface area contributed by atoms with Crippen LogP contribution in [0.5, 0.6) is 0 Å². The van der Waals surface area contributed by atoms with Crippen molar-refractivity contribution in [3.8, 4) is 0 Å². The fourth-order valence-electron chi connectivity index (χ4n) is 1.04. The first kappa shape index (κ1) is 9.48. The SMILES string of the molecule is NCC=Cc1ccccc1C=NO. The van der Waals surface area contributed by atoms with Crippen LogP contribution in [-0.4, -0.2) is 18.0 Å². The van der Waals surface area contributed by atoms with Gasteiger partial charge in [0.2, 0.25) is 0 Å². The van der Waals surface area contributed by atoms with Gasteiger partial charge in [0.05, 0.1) is 6.21 Å². The van der Waals surface area contributed by atoms with Crippen LogP contribution in [0, 0.1) is 0 Å². The molecular formula is C10H12N2O. The average Bonchev–Trinajstić information content (AvgIpc) is 2.17. The van der Waals surface area contributed by atoms with Gasteiger partial charge in [-0.1, -0.05) is 41.6 Å². The average molecular weight is 176 g/mol. The van der Waals surface area contributed by atoms with Crippen LogP contribution in [0.4, 0.5) is 0 Å². The van der Waals surface area contributed by atoms with E-state index in [1.807, 2.05) is 36.4 Å². The zero-order valence-corrected chi connectivity index (χ0v) is 7.22. The summed E-state index contributed by atoms with van der Waals surface area (Å²) in [5, 5.41) is 11.4. The lowest BCUT2D eigenvalue weighted by Gasteiger charge is -1.97. The number of hydrogen-bond acceptors (Lipinski definition) is 3. The van der Waals surface area contributed by atoms with Gasteiger partial charge >= 0.3 is 0 Å².